The summed E-state index contributed by atoms with van der Waals surface area (Å²) in [6, 6.07) is 15.5. The van der Waals surface area contributed by atoms with Crippen molar-refractivity contribution in [3.8, 4) is 0 Å². The van der Waals surface area contributed by atoms with E-state index in [9.17, 15) is 14.7 Å². The van der Waals surface area contributed by atoms with Crippen LogP contribution in [0.15, 0.2) is 71.3 Å². The summed E-state index contributed by atoms with van der Waals surface area (Å²) in [5.74, 6) is -1.15. The maximum absolute atomic E-state index is 12.0. The molecule has 4 nitrogen and oxygen atoms in total. The first-order valence-electron chi connectivity index (χ1n) is 7.05. The van der Waals surface area contributed by atoms with Crippen LogP contribution in [0.25, 0.3) is 0 Å². The molecule has 2 aromatic rings. The molecule has 0 aliphatic carbocycles. The third-order valence-corrected chi connectivity index (χ3v) is 3.77. The fourth-order valence-electron chi connectivity index (χ4n) is 2.02. The maximum atomic E-state index is 12.0. The molecule has 2 N–H and O–H groups in total. The summed E-state index contributed by atoms with van der Waals surface area (Å²) >= 11 is 3.31. The van der Waals surface area contributed by atoms with E-state index in [2.05, 4.69) is 21.2 Å². The highest BCUT2D eigenvalue weighted by atomic mass is 79.9. The molecular weight excluding hydrogens is 358 g/mol. The van der Waals surface area contributed by atoms with Crippen molar-refractivity contribution in [1.82, 2.24) is 5.32 Å². The Bertz CT molecular complexity index is 696. The number of nitrogens with one attached hydrogen (secondary N) is 1. The molecule has 0 radical (unpaired) electrons. The summed E-state index contributed by atoms with van der Waals surface area (Å²) in [7, 11) is 0. The maximum Gasteiger partial charge on any atom is 0.326 e. The molecule has 0 fully saturated rings. The number of halogens is 1. The number of allylic oxidation sites excluding steroid dienone is 1. The van der Waals surface area contributed by atoms with E-state index in [4.69, 9.17) is 0 Å². The minimum absolute atomic E-state index is 0.186. The zero-order valence-electron chi connectivity index (χ0n) is 12.3. The fraction of sp³-hybridized carbons (Fsp3) is 0.111. The van der Waals surface area contributed by atoms with E-state index in [-0.39, 0.29) is 5.78 Å². The number of rotatable bonds is 7. The largest absolute Gasteiger partial charge is 0.480 e. The Balaban J connectivity index is 1.96. The van der Waals surface area contributed by atoms with Gasteiger partial charge in [0.25, 0.3) is 0 Å². The topological polar surface area (TPSA) is 66.4 Å². The molecule has 118 valence electrons. The summed E-state index contributed by atoms with van der Waals surface area (Å²) in [6.45, 7) is 0. The van der Waals surface area contributed by atoms with Gasteiger partial charge in [-0.25, -0.2) is 4.79 Å². The van der Waals surface area contributed by atoms with Crippen molar-refractivity contribution in [2.24, 2.45) is 0 Å². The van der Waals surface area contributed by atoms with Crippen molar-refractivity contribution >= 4 is 27.7 Å². The Hall–Kier alpha value is -2.40. The van der Waals surface area contributed by atoms with Gasteiger partial charge >= 0.3 is 5.97 Å². The normalized spacial score (nSPS) is 12.0. The number of aliphatic carboxylic acids is 1. The molecule has 1 atom stereocenters. The Morgan fingerprint density at radius 3 is 2.35 bits per heavy atom. The molecule has 0 saturated heterocycles. The molecule has 0 heterocycles. The van der Waals surface area contributed by atoms with Gasteiger partial charge in [-0.05, 0) is 29.8 Å². The van der Waals surface area contributed by atoms with Crippen LogP contribution in [-0.4, -0.2) is 22.9 Å². The van der Waals surface area contributed by atoms with Crippen molar-refractivity contribution in [3.63, 3.8) is 0 Å². The number of carboxylic acids is 1. The fourth-order valence-corrected chi connectivity index (χ4v) is 2.28. The van der Waals surface area contributed by atoms with Gasteiger partial charge in [-0.1, -0.05) is 46.3 Å². The number of hydrogen-bond donors (Lipinski definition) is 2. The van der Waals surface area contributed by atoms with Gasteiger partial charge in [0.05, 0.1) is 0 Å². The van der Waals surface area contributed by atoms with E-state index >= 15 is 0 Å². The number of hydrogen-bond acceptors (Lipinski definition) is 3. The van der Waals surface area contributed by atoms with Gasteiger partial charge < -0.3 is 10.4 Å². The molecule has 5 heteroatoms. The van der Waals surface area contributed by atoms with Crippen molar-refractivity contribution in [1.29, 1.82) is 0 Å². The molecule has 1 unspecified atom stereocenters. The molecule has 0 aromatic heterocycles. The lowest BCUT2D eigenvalue weighted by Crippen LogP contribution is -2.35. The Morgan fingerprint density at radius 2 is 1.74 bits per heavy atom. The van der Waals surface area contributed by atoms with Gasteiger partial charge in [-0.2, -0.15) is 0 Å². The van der Waals surface area contributed by atoms with Crippen LogP contribution in [0.1, 0.15) is 15.9 Å². The number of carbonyl (C=O) groups is 2. The van der Waals surface area contributed by atoms with E-state index in [0.717, 1.165) is 10.0 Å². The van der Waals surface area contributed by atoms with E-state index < -0.39 is 12.0 Å². The molecule has 0 aliphatic rings. The van der Waals surface area contributed by atoms with E-state index in [1.807, 2.05) is 30.3 Å². The summed E-state index contributed by atoms with van der Waals surface area (Å²) in [4.78, 5) is 23.3. The molecule has 0 amide bonds. The SMILES string of the molecule is O=C(/C=C\NC(Cc1ccccc1)C(=O)O)c1ccc(Br)cc1. The quantitative estimate of drug-likeness (QED) is 0.576. The summed E-state index contributed by atoms with van der Waals surface area (Å²) in [6.07, 6.45) is 3.07. The van der Waals surface area contributed by atoms with Gasteiger partial charge in [0.2, 0.25) is 0 Å². The van der Waals surface area contributed by atoms with Crippen molar-refractivity contribution in [2.75, 3.05) is 0 Å². The zero-order chi connectivity index (χ0) is 16.7. The smallest absolute Gasteiger partial charge is 0.326 e. The number of benzene rings is 2. The Labute approximate surface area is 143 Å². The highest BCUT2D eigenvalue weighted by molar-refractivity contribution is 9.10. The number of carboxylic acid groups (broad SMARTS) is 1. The highest BCUT2D eigenvalue weighted by Crippen LogP contribution is 2.11. The second-order valence-electron chi connectivity index (χ2n) is 4.95. The second kappa shape index (κ2) is 8.29. The van der Waals surface area contributed by atoms with Crippen LogP contribution in [0.2, 0.25) is 0 Å². The van der Waals surface area contributed by atoms with Crippen LogP contribution in [0.3, 0.4) is 0 Å². The molecule has 0 saturated carbocycles. The minimum atomic E-state index is -0.963. The number of ketones is 1. The second-order valence-corrected chi connectivity index (χ2v) is 5.87. The lowest BCUT2D eigenvalue weighted by atomic mass is 10.1. The van der Waals surface area contributed by atoms with Crippen LogP contribution in [0, 0.1) is 0 Å². The lowest BCUT2D eigenvalue weighted by Gasteiger charge is -2.12. The molecule has 0 spiro atoms. The average molecular weight is 374 g/mol. The first kappa shape index (κ1) is 17.0. The summed E-state index contributed by atoms with van der Waals surface area (Å²) in [5.41, 5.74) is 1.46. The third kappa shape index (κ3) is 5.38. The number of carbonyl (C=O) groups excluding carboxylic acids is 1. The van der Waals surface area contributed by atoms with E-state index in [1.165, 1.54) is 12.3 Å². The molecule has 0 aliphatic heterocycles. The van der Waals surface area contributed by atoms with Gasteiger partial charge in [0.1, 0.15) is 6.04 Å². The van der Waals surface area contributed by atoms with Gasteiger partial charge in [-0.15, -0.1) is 0 Å². The van der Waals surface area contributed by atoms with Gasteiger partial charge in [-0.3, -0.25) is 4.79 Å². The van der Waals surface area contributed by atoms with Crippen LogP contribution in [-0.2, 0) is 11.2 Å². The molecule has 2 aromatic carbocycles. The van der Waals surface area contributed by atoms with E-state index in [1.54, 1.807) is 24.3 Å². The van der Waals surface area contributed by atoms with Crippen molar-refractivity contribution in [3.05, 3.63) is 82.5 Å². The van der Waals surface area contributed by atoms with E-state index in [0.29, 0.717) is 12.0 Å². The average Bonchev–Trinajstić information content (AvgIpc) is 2.55. The predicted molar refractivity (Wildman–Crippen MR) is 92.3 cm³/mol. The molecule has 0 bridgehead atoms. The Kier molecular flexibility index (Phi) is 6.11. The van der Waals surface area contributed by atoms with Crippen LogP contribution >= 0.6 is 15.9 Å². The summed E-state index contributed by atoms with van der Waals surface area (Å²) in [5, 5.41) is 12.0. The minimum Gasteiger partial charge on any atom is -0.480 e. The van der Waals surface area contributed by atoms with Gasteiger partial charge in [0.15, 0.2) is 5.78 Å². The van der Waals surface area contributed by atoms with Crippen LogP contribution in [0.5, 0.6) is 0 Å². The summed E-state index contributed by atoms with van der Waals surface area (Å²) < 4.78 is 0.893. The molecule has 23 heavy (non-hydrogen) atoms. The third-order valence-electron chi connectivity index (χ3n) is 3.24. The van der Waals surface area contributed by atoms with Crippen LogP contribution in [0.4, 0.5) is 0 Å². The predicted octanol–water partition coefficient (Wildman–Crippen LogP) is 3.43. The standard InChI is InChI=1S/C18H16BrNO3/c19-15-8-6-14(7-9-15)17(21)10-11-20-16(18(22)23)12-13-4-2-1-3-5-13/h1-11,16,20H,12H2,(H,22,23)/b11-10-. The van der Waals surface area contributed by atoms with Crippen molar-refractivity contribution < 1.29 is 14.7 Å². The lowest BCUT2D eigenvalue weighted by molar-refractivity contribution is -0.139. The highest BCUT2D eigenvalue weighted by Gasteiger charge is 2.15. The first-order valence-corrected chi connectivity index (χ1v) is 7.85. The van der Waals surface area contributed by atoms with Gasteiger partial charge in [0, 0.05) is 28.7 Å². The monoisotopic (exact) mass is 373 g/mol. The Morgan fingerprint density at radius 1 is 1.09 bits per heavy atom. The molecule has 2 rings (SSSR count). The first-order chi connectivity index (χ1) is 11.1. The van der Waals surface area contributed by atoms with Crippen LogP contribution < -0.4 is 5.32 Å². The molecular formula is C18H16BrNO3. The zero-order valence-corrected chi connectivity index (χ0v) is 13.9. The van der Waals surface area contributed by atoms with Crippen molar-refractivity contribution in [2.45, 2.75) is 12.5 Å².